The lowest BCUT2D eigenvalue weighted by Gasteiger charge is -2.31. The predicted octanol–water partition coefficient (Wildman–Crippen LogP) is 3.67. The lowest BCUT2D eigenvalue weighted by molar-refractivity contribution is -0.138. The first-order valence-electron chi connectivity index (χ1n) is 11.1. The summed E-state index contributed by atoms with van der Waals surface area (Å²) in [5.74, 6) is -1.41. The van der Waals surface area contributed by atoms with E-state index in [2.05, 4.69) is 34.9 Å². The number of hydrogen-bond donors (Lipinski definition) is 3. The van der Waals surface area contributed by atoms with Gasteiger partial charge in [0.25, 0.3) is 0 Å². The van der Waals surface area contributed by atoms with Gasteiger partial charge in [-0.25, -0.2) is 4.79 Å². The van der Waals surface area contributed by atoms with Crippen molar-refractivity contribution < 1.29 is 24.2 Å². The van der Waals surface area contributed by atoms with Crippen LogP contribution in [0.15, 0.2) is 48.5 Å². The Bertz CT molecular complexity index is 960. The molecule has 32 heavy (non-hydrogen) atoms. The van der Waals surface area contributed by atoms with Gasteiger partial charge in [-0.15, -0.1) is 0 Å². The number of hydrogen-bond acceptors (Lipinski definition) is 4. The molecular formula is C25H28N2O5. The van der Waals surface area contributed by atoms with Crippen molar-refractivity contribution in [1.82, 2.24) is 10.6 Å². The second-order valence-corrected chi connectivity index (χ2v) is 8.50. The van der Waals surface area contributed by atoms with Crippen molar-refractivity contribution in [2.24, 2.45) is 5.92 Å². The van der Waals surface area contributed by atoms with Crippen LogP contribution >= 0.6 is 0 Å². The molecule has 2 amide bonds. The molecule has 0 aromatic heterocycles. The van der Waals surface area contributed by atoms with Gasteiger partial charge in [0.05, 0.1) is 0 Å². The zero-order valence-electron chi connectivity index (χ0n) is 17.9. The number of amides is 2. The molecule has 0 radical (unpaired) electrons. The summed E-state index contributed by atoms with van der Waals surface area (Å²) < 4.78 is 5.65. The van der Waals surface area contributed by atoms with Crippen LogP contribution in [-0.2, 0) is 14.3 Å². The third-order valence-corrected chi connectivity index (χ3v) is 6.44. The minimum Gasteiger partial charge on any atom is -0.480 e. The second-order valence-electron chi connectivity index (χ2n) is 8.50. The van der Waals surface area contributed by atoms with Crippen molar-refractivity contribution in [3.8, 4) is 11.1 Å². The highest BCUT2D eigenvalue weighted by atomic mass is 16.5. The number of fused-ring (bicyclic) bond motifs is 3. The fraction of sp³-hybridized carbons (Fsp3) is 0.400. The van der Waals surface area contributed by atoms with Gasteiger partial charge >= 0.3 is 12.1 Å². The van der Waals surface area contributed by atoms with Gasteiger partial charge in [-0.2, -0.15) is 0 Å². The first-order valence-corrected chi connectivity index (χ1v) is 11.1. The van der Waals surface area contributed by atoms with Crippen molar-refractivity contribution >= 4 is 18.0 Å². The molecule has 0 spiro atoms. The topological polar surface area (TPSA) is 105 Å². The summed E-state index contributed by atoms with van der Waals surface area (Å²) >= 11 is 0. The fourth-order valence-electron chi connectivity index (χ4n) is 4.92. The van der Waals surface area contributed by atoms with Gasteiger partial charge in [0.1, 0.15) is 13.2 Å². The number of ether oxygens (including phenoxy) is 1. The number of nitrogens with one attached hydrogen (secondary N) is 2. The maximum Gasteiger partial charge on any atom is 0.407 e. The van der Waals surface area contributed by atoms with E-state index in [1.54, 1.807) is 0 Å². The fourth-order valence-corrected chi connectivity index (χ4v) is 4.92. The number of alkyl carbamates (subject to hydrolysis) is 1. The van der Waals surface area contributed by atoms with E-state index in [-0.39, 0.29) is 36.8 Å². The van der Waals surface area contributed by atoms with E-state index in [9.17, 15) is 14.4 Å². The Kier molecular flexibility index (Phi) is 6.73. The van der Waals surface area contributed by atoms with Crippen molar-refractivity contribution in [3.63, 3.8) is 0 Å². The van der Waals surface area contributed by atoms with Gasteiger partial charge in [-0.1, -0.05) is 61.4 Å². The van der Waals surface area contributed by atoms with Crippen LogP contribution in [0.25, 0.3) is 11.1 Å². The number of carbonyl (C=O) groups excluding carboxylic acids is 2. The number of benzene rings is 2. The Morgan fingerprint density at radius 2 is 1.56 bits per heavy atom. The molecule has 1 fully saturated rings. The molecule has 4 rings (SSSR count). The smallest absolute Gasteiger partial charge is 0.407 e. The third-order valence-electron chi connectivity index (χ3n) is 6.44. The summed E-state index contributed by atoms with van der Waals surface area (Å²) in [5.41, 5.74) is 4.67. The first kappa shape index (κ1) is 21.9. The molecule has 0 aliphatic heterocycles. The van der Waals surface area contributed by atoms with E-state index in [0.717, 1.165) is 36.8 Å². The van der Waals surface area contributed by atoms with Crippen molar-refractivity contribution in [3.05, 3.63) is 59.7 Å². The van der Waals surface area contributed by atoms with Gasteiger partial charge < -0.3 is 20.5 Å². The molecule has 0 heterocycles. The second kappa shape index (κ2) is 9.85. The summed E-state index contributed by atoms with van der Waals surface area (Å²) in [7, 11) is 0. The SMILES string of the molecule is O=C(O)CNC(=O)C[C@@H]1CCCC[C@@H]1NC(=O)OCC1c2ccccc2-c2ccccc21. The van der Waals surface area contributed by atoms with Crippen LogP contribution < -0.4 is 10.6 Å². The summed E-state index contributed by atoms with van der Waals surface area (Å²) in [6.45, 7) is -0.146. The largest absolute Gasteiger partial charge is 0.480 e. The Balaban J connectivity index is 1.35. The zero-order valence-corrected chi connectivity index (χ0v) is 17.9. The first-order chi connectivity index (χ1) is 15.5. The van der Waals surface area contributed by atoms with Gasteiger partial charge in [-0.3, -0.25) is 9.59 Å². The normalized spacial score (nSPS) is 19.5. The Morgan fingerprint density at radius 1 is 0.938 bits per heavy atom. The van der Waals surface area contributed by atoms with Gasteiger partial charge in [0.2, 0.25) is 5.91 Å². The summed E-state index contributed by atoms with van der Waals surface area (Å²) in [6.07, 6.45) is 3.27. The van der Waals surface area contributed by atoms with Crippen LogP contribution in [0, 0.1) is 5.92 Å². The summed E-state index contributed by atoms with van der Waals surface area (Å²) in [5, 5.41) is 14.1. The number of carbonyl (C=O) groups is 3. The van der Waals surface area contributed by atoms with E-state index in [1.165, 1.54) is 11.1 Å². The van der Waals surface area contributed by atoms with Crippen LogP contribution in [0.5, 0.6) is 0 Å². The van der Waals surface area contributed by atoms with Gasteiger partial charge in [0.15, 0.2) is 0 Å². The molecule has 3 N–H and O–H groups in total. The number of aliphatic carboxylic acids is 1. The number of carboxylic acids is 1. The van der Waals surface area contributed by atoms with E-state index in [1.807, 2.05) is 24.3 Å². The zero-order chi connectivity index (χ0) is 22.5. The predicted molar refractivity (Wildman–Crippen MR) is 119 cm³/mol. The Hall–Kier alpha value is -3.35. The van der Waals surface area contributed by atoms with E-state index >= 15 is 0 Å². The van der Waals surface area contributed by atoms with Crippen LogP contribution in [0.4, 0.5) is 4.79 Å². The highest BCUT2D eigenvalue weighted by Gasteiger charge is 2.31. The molecule has 168 valence electrons. The van der Waals surface area contributed by atoms with Crippen molar-refractivity contribution in [1.29, 1.82) is 0 Å². The Labute approximate surface area is 187 Å². The standard InChI is InChI=1S/C25H28N2O5/c28-23(26-14-24(29)30)13-16-7-1-6-12-22(16)27-25(31)32-15-21-19-10-4-2-8-17(19)18-9-3-5-11-20(18)21/h2-5,8-11,16,21-22H,1,6-7,12-15H2,(H,26,28)(H,27,31)(H,29,30)/t16-,22-/m0/s1. The van der Waals surface area contributed by atoms with E-state index in [0.29, 0.717) is 0 Å². The Morgan fingerprint density at radius 3 is 2.22 bits per heavy atom. The maximum absolute atomic E-state index is 12.6. The quantitative estimate of drug-likeness (QED) is 0.614. The molecule has 7 nitrogen and oxygen atoms in total. The van der Waals surface area contributed by atoms with Crippen molar-refractivity contribution in [2.45, 2.75) is 44.1 Å². The third kappa shape index (κ3) is 4.93. The lowest BCUT2D eigenvalue weighted by Crippen LogP contribution is -2.44. The van der Waals surface area contributed by atoms with Crippen LogP contribution in [0.3, 0.4) is 0 Å². The van der Waals surface area contributed by atoms with Gasteiger partial charge in [0, 0.05) is 18.4 Å². The molecule has 0 bridgehead atoms. The van der Waals surface area contributed by atoms with Crippen LogP contribution in [0.2, 0.25) is 0 Å². The molecule has 0 saturated heterocycles. The molecule has 2 aromatic carbocycles. The molecule has 2 aliphatic rings. The molecule has 1 saturated carbocycles. The lowest BCUT2D eigenvalue weighted by atomic mass is 9.82. The highest BCUT2D eigenvalue weighted by molar-refractivity contribution is 5.81. The summed E-state index contributed by atoms with van der Waals surface area (Å²) in [6, 6.07) is 16.2. The summed E-state index contributed by atoms with van der Waals surface area (Å²) in [4.78, 5) is 35.3. The minimum atomic E-state index is -1.07. The van der Waals surface area contributed by atoms with Crippen molar-refractivity contribution in [2.75, 3.05) is 13.2 Å². The number of carboxylic acid groups (broad SMARTS) is 1. The monoisotopic (exact) mass is 436 g/mol. The molecule has 2 atom stereocenters. The molecule has 2 aromatic rings. The van der Waals surface area contributed by atoms with E-state index < -0.39 is 18.6 Å². The van der Waals surface area contributed by atoms with Gasteiger partial charge in [-0.05, 0) is 41.0 Å². The number of rotatable bonds is 7. The van der Waals surface area contributed by atoms with E-state index in [4.69, 9.17) is 9.84 Å². The minimum absolute atomic E-state index is 0.00269. The maximum atomic E-state index is 12.6. The van der Waals surface area contributed by atoms with Crippen LogP contribution in [0.1, 0.15) is 49.1 Å². The highest BCUT2D eigenvalue weighted by Crippen LogP contribution is 2.44. The molecule has 2 aliphatic carbocycles. The molecular weight excluding hydrogens is 408 g/mol. The molecule has 7 heteroatoms. The average Bonchev–Trinajstić information content (AvgIpc) is 3.11. The average molecular weight is 437 g/mol. The van der Waals surface area contributed by atoms with Crippen LogP contribution in [-0.4, -0.2) is 42.3 Å². The molecule has 0 unspecified atom stereocenters.